The molecule has 0 spiro atoms. The number of carboxylic acids is 1. The Morgan fingerprint density at radius 2 is 2.13 bits per heavy atom. The molecule has 0 aromatic carbocycles. The van der Waals surface area contributed by atoms with Crippen molar-refractivity contribution in [1.82, 2.24) is 9.55 Å². The number of rotatable bonds is 5. The molecule has 1 aromatic heterocycles. The molecule has 4 nitrogen and oxygen atoms in total. The molecule has 0 bridgehead atoms. The average Bonchev–Trinajstić information content (AvgIpc) is 2.40. The first-order chi connectivity index (χ1) is 7.06. The van der Waals surface area contributed by atoms with E-state index in [4.69, 9.17) is 5.11 Å². The standard InChI is InChI=1S/C11H18N2O2/c1-4-5-10-12-8(2)9(13(10)3)6-7-11(14)15/h4-7H2,1-3H3,(H,14,15). The van der Waals surface area contributed by atoms with Gasteiger partial charge in [-0.05, 0) is 19.8 Å². The van der Waals surface area contributed by atoms with Crippen LogP contribution in [0.3, 0.4) is 0 Å². The van der Waals surface area contributed by atoms with E-state index in [9.17, 15) is 4.79 Å². The first kappa shape index (κ1) is 11.8. The van der Waals surface area contributed by atoms with E-state index in [1.807, 2.05) is 18.5 Å². The summed E-state index contributed by atoms with van der Waals surface area (Å²) in [5, 5.41) is 8.64. The smallest absolute Gasteiger partial charge is 0.303 e. The van der Waals surface area contributed by atoms with Gasteiger partial charge < -0.3 is 9.67 Å². The van der Waals surface area contributed by atoms with Crippen LogP contribution >= 0.6 is 0 Å². The van der Waals surface area contributed by atoms with Crippen LogP contribution in [-0.2, 0) is 24.7 Å². The van der Waals surface area contributed by atoms with Crippen molar-refractivity contribution in [2.75, 3.05) is 0 Å². The maximum Gasteiger partial charge on any atom is 0.303 e. The van der Waals surface area contributed by atoms with E-state index in [0.717, 1.165) is 30.1 Å². The Balaban J connectivity index is 2.82. The van der Waals surface area contributed by atoms with Crippen LogP contribution < -0.4 is 0 Å². The van der Waals surface area contributed by atoms with Crippen LogP contribution in [-0.4, -0.2) is 20.6 Å². The summed E-state index contributed by atoms with van der Waals surface area (Å²) in [5.41, 5.74) is 2.00. The van der Waals surface area contributed by atoms with Gasteiger partial charge in [0.15, 0.2) is 0 Å². The van der Waals surface area contributed by atoms with Crippen molar-refractivity contribution in [3.05, 3.63) is 17.2 Å². The van der Waals surface area contributed by atoms with Gasteiger partial charge in [-0.25, -0.2) is 4.98 Å². The van der Waals surface area contributed by atoms with Crippen molar-refractivity contribution in [1.29, 1.82) is 0 Å². The molecule has 4 heteroatoms. The molecule has 1 heterocycles. The second-order valence-corrected chi connectivity index (χ2v) is 3.76. The molecule has 84 valence electrons. The lowest BCUT2D eigenvalue weighted by molar-refractivity contribution is -0.136. The zero-order chi connectivity index (χ0) is 11.4. The highest BCUT2D eigenvalue weighted by Crippen LogP contribution is 2.13. The molecule has 0 saturated heterocycles. The number of carboxylic acid groups (broad SMARTS) is 1. The summed E-state index contributed by atoms with van der Waals surface area (Å²) >= 11 is 0. The molecule has 0 atom stereocenters. The summed E-state index contributed by atoms with van der Waals surface area (Å²) < 4.78 is 2.03. The van der Waals surface area contributed by atoms with E-state index in [0.29, 0.717) is 6.42 Å². The van der Waals surface area contributed by atoms with E-state index in [1.54, 1.807) is 0 Å². The van der Waals surface area contributed by atoms with E-state index >= 15 is 0 Å². The quantitative estimate of drug-likeness (QED) is 0.804. The fraction of sp³-hybridized carbons (Fsp3) is 0.636. The minimum atomic E-state index is -0.757. The Kier molecular flexibility index (Phi) is 3.88. The minimum Gasteiger partial charge on any atom is -0.481 e. The minimum absolute atomic E-state index is 0.173. The molecule has 0 aliphatic rings. The van der Waals surface area contributed by atoms with Gasteiger partial charge in [0.05, 0.1) is 12.1 Å². The molecule has 1 aromatic rings. The summed E-state index contributed by atoms with van der Waals surface area (Å²) in [7, 11) is 1.96. The highest BCUT2D eigenvalue weighted by Gasteiger charge is 2.11. The number of imidazole rings is 1. The van der Waals surface area contributed by atoms with Gasteiger partial charge in [0.1, 0.15) is 5.82 Å². The number of aryl methyl sites for hydroxylation is 2. The van der Waals surface area contributed by atoms with Crippen molar-refractivity contribution in [2.45, 2.75) is 39.5 Å². The Morgan fingerprint density at radius 1 is 1.47 bits per heavy atom. The maximum atomic E-state index is 10.5. The molecule has 0 aliphatic heterocycles. The molecule has 0 unspecified atom stereocenters. The zero-order valence-corrected chi connectivity index (χ0v) is 9.58. The first-order valence-electron chi connectivity index (χ1n) is 5.29. The number of aromatic nitrogens is 2. The van der Waals surface area contributed by atoms with E-state index in [1.165, 1.54) is 0 Å². The Hall–Kier alpha value is -1.32. The normalized spacial score (nSPS) is 10.6. The molecule has 1 rings (SSSR count). The summed E-state index contributed by atoms with van der Waals surface area (Å²) in [5.74, 6) is 0.294. The van der Waals surface area contributed by atoms with Gasteiger partial charge >= 0.3 is 5.97 Å². The van der Waals surface area contributed by atoms with Crippen molar-refractivity contribution in [2.24, 2.45) is 7.05 Å². The van der Waals surface area contributed by atoms with Crippen LogP contribution in [0.5, 0.6) is 0 Å². The molecule has 1 N–H and O–H groups in total. The molecule has 0 aliphatic carbocycles. The molecule has 0 amide bonds. The summed E-state index contributed by atoms with van der Waals surface area (Å²) in [6, 6.07) is 0. The Bertz CT molecular complexity index is 356. The Labute approximate surface area is 89.9 Å². The van der Waals surface area contributed by atoms with Crippen LogP contribution in [0, 0.1) is 6.92 Å². The molecule has 0 saturated carbocycles. The lowest BCUT2D eigenvalue weighted by Crippen LogP contribution is -2.05. The molecule has 0 radical (unpaired) electrons. The van der Waals surface area contributed by atoms with Crippen LogP contribution in [0.25, 0.3) is 0 Å². The molecule has 15 heavy (non-hydrogen) atoms. The van der Waals surface area contributed by atoms with Crippen LogP contribution in [0.4, 0.5) is 0 Å². The van der Waals surface area contributed by atoms with Gasteiger partial charge in [0.2, 0.25) is 0 Å². The number of nitrogens with zero attached hydrogens (tertiary/aromatic N) is 2. The third-order valence-electron chi connectivity index (χ3n) is 2.56. The predicted octanol–water partition coefficient (Wildman–Crippen LogP) is 1.70. The van der Waals surface area contributed by atoms with E-state index < -0.39 is 5.97 Å². The third kappa shape index (κ3) is 2.81. The number of hydrogen-bond donors (Lipinski definition) is 1. The van der Waals surface area contributed by atoms with Gasteiger partial charge in [-0.3, -0.25) is 4.79 Å². The van der Waals surface area contributed by atoms with Gasteiger partial charge in [0.25, 0.3) is 0 Å². The molecule has 0 fully saturated rings. The van der Waals surface area contributed by atoms with Crippen LogP contribution in [0.15, 0.2) is 0 Å². The second-order valence-electron chi connectivity index (χ2n) is 3.76. The second kappa shape index (κ2) is 4.96. The van der Waals surface area contributed by atoms with E-state index in [2.05, 4.69) is 11.9 Å². The monoisotopic (exact) mass is 210 g/mol. The molecular formula is C11H18N2O2. The van der Waals surface area contributed by atoms with Crippen LogP contribution in [0.1, 0.15) is 37.0 Å². The fourth-order valence-corrected chi connectivity index (χ4v) is 1.75. The average molecular weight is 210 g/mol. The maximum absolute atomic E-state index is 10.5. The van der Waals surface area contributed by atoms with Crippen molar-refractivity contribution in [3.8, 4) is 0 Å². The summed E-state index contributed by atoms with van der Waals surface area (Å²) in [6.45, 7) is 4.05. The third-order valence-corrected chi connectivity index (χ3v) is 2.56. The SMILES string of the molecule is CCCc1nc(C)c(CCC(=O)O)n1C. The number of aliphatic carboxylic acids is 1. The topological polar surface area (TPSA) is 55.1 Å². The fourth-order valence-electron chi connectivity index (χ4n) is 1.75. The predicted molar refractivity (Wildman–Crippen MR) is 57.9 cm³/mol. The number of carbonyl (C=O) groups is 1. The lowest BCUT2D eigenvalue weighted by Gasteiger charge is -2.04. The Morgan fingerprint density at radius 3 is 2.67 bits per heavy atom. The van der Waals surface area contributed by atoms with Crippen molar-refractivity contribution < 1.29 is 9.90 Å². The van der Waals surface area contributed by atoms with Gasteiger partial charge in [0, 0.05) is 19.2 Å². The number of hydrogen-bond acceptors (Lipinski definition) is 2. The van der Waals surface area contributed by atoms with Gasteiger partial charge in [-0.1, -0.05) is 6.92 Å². The van der Waals surface area contributed by atoms with Crippen molar-refractivity contribution >= 4 is 5.97 Å². The van der Waals surface area contributed by atoms with Gasteiger partial charge in [-0.2, -0.15) is 0 Å². The van der Waals surface area contributed by atoms with Crippen LogP contribution in [0.2, 0.25) is 0 Å². The first-order valence-corrected chi connectivity index (χ1v) is 5.29. The highest BCUT2D eigenvalue weighted by molar-refractivity contribution is 5.67. The van der Waals surface area contributed by atoms with E-state index in [-0.39, 0.29) is 6.42 Å². The largest absolute Gasteiger partial charge is 0.481 e. The molecular weight excluding hydrogens is 192 g/mol. The summed E-state index contributed by atoms with van der Waals surface area (Å²) in [6.07, 6.45) is 2.74. The summed E-state index contributed by atoms with van der Waals surface area (Å²) in [4.78, 5) is 14.9. The zero-order valence-electron chi connectivity index (χ0n) is 9.58. The lowest BCUT2D eigenvalue weighted by atomic mass is 10.2. The van der Waals surface area contributed by atoms with Gasteiger partial charge in [-0.15, -0.1) is 0 Å². The van der Waals surface area contributed by atoms with Crippen molar-refractivity contribution in [3.63, 3.8) is 0 Å². The highest BCUT2D eigenvalue weighted by atomic mass is 16.4.